The zero-order valence-corrected chi connectivity index (χ0v) is 16.6. The molecule has 0 saturated heterocycles. The molecule has 3 aromatic rings. The molecule has 0 aliphatic rings. The number of nitrogens with zero attached hydrogens (tertiary/aromatic N) is 1. The SMILES string of the molecule is COc1ccc(-n2cccc2C(=O)C(=O)NCCc2ccc(Cl)cc2Cl)cc1. The number of hydrogen-bond donors (Lipinski definition) is 1. The Labute approximate surface area is 172 Å². The third kappa shape index (κ3) is 4.55. The molecule has 7 heteroatoms. The van der Waals surface area contributed by atoms with Gasteiger partial charge in [0.2, 0.25) is 0 Å². The van der Waals surface area contributed by atoms with Crippen molar-refractivity contribution in [3.05, 3.63) is 82.1 Å². The van der Waals surface area contributed by atoms with E-state index >= 15 is 0 Å². The van der Waals surface area contributed by atoms with Gasteiger partial charge in [-0.15, -0.1) is 0 Å². The van der Waals surface area contributed by atoms with E-state index in [0.29, 0.717) is 22.2 Å². The van der Waals surface area contributed by atoms with E-state index in [2.05, 4.69) is 5.32 Å². The van der Waals surface area contributed by atoms with Crippen LogP contribution in [0.3, 0.4) is 0 Å². The number of hydrogen-bond acceptors (Lipinski definition) is 3. The Morgan fingerprint density at radius 3 is 2.50 bits per heavy atom. The van der Waals surface area contributed by atoms with Gasteiger partial charge >= 0.3 is 0 Å². The number of carbonyl (C=O) groups excluding carboxylic acids is 2. The topological polar surface area (TPSA) is 60.3 Å². The summed E-state index contributed by atoms with van der Waals surface area (Å²) in [6, 6.07) is 15.7. The molecule has 0 atom stereocenters. The number of carbonyl (C=O) groups is 2. The fourth-order valence-electron chi connectivity index (χ4n) is 2.77. The van der Waals surface area contributed by atoms with E-state index in [1.54, 1.807) is 60.3 Å². The number of halogens is 2. The highest BCUT2D eigenvalue weighted by Gasteiger charge is 2.20. The summed E-state index contributed by atoms with van der Waals surface area (Å²) in [5, 5.41) is 3.72. The van der Waals surface area contributed by atoms with E-state index in [1.807, 2.05) is 12.1 Å². The van der Waals surface area contributed by atoms with Crippen molar-refractivity contribution in [3.8, 4) is 11.4 Å². The first-order valence-electron chi connectivity index (χ1n) is 8.58. The molecule has 1 heterocycles. The predicted molar refractivity (Wildman–Crippen MR) is 110 cm³/mol. The Kier molecular flexibility index (Phi) is 6.39. The molecule has 0 aliphatic carbocycles. The Morgan fingerprint density at radius 1 is 1.07 bits per heavy atom. The Balaban J connectivity index is 1.65. The first kappa shape index (κ1) is 20.0. The number of ketones is 1. The number of Topliss-reactive ketones (excluding diaryl/α,β-unsaturated/α-hetero) is 1. The van der Waals surface area contributed by atoms with Gasteiger partial charge in [-0.2, -0.15) is 0 Å². The van der Waals surface area contributed by atoms with Gasteiger partial charge in [-0.25, -0.2) is 0 Å². The lowest BCUT2D eigenvalue weighted by molar-refractivity contribution is -0.117. The van der Waals surface area contributed by atoms with Gasteiger partial charge in [0.15, 0.2) is 0 Å². The van der Waals surface area contributed by atoms with Crippen LogP contribution in [-0.2, 0) is 11.2 Å². The normalized spacial score (nSPS) is 10.5. The van der Waals surface area contributed by atoms with Crippen LogP contribution in [0.4, 0.5) is 0 Å². The van der Waals surface area contributed by atoms with E-state index in [-0.39, 0.29) is 12.2 Å². The van der Waals surface area contributed by atoms with Crippen molar-refractivity contribution in [1.29, 1.82) is 0 Å². The van der Waals surface area contributed by atoms with Crippen LogP contribution in [0.2, 0.25) is 10.0 Å². The van der Waals surface area contributed by atoms with Crippen LogP contribution >= 0.6 is 23.2 Å². The minimum atomic E-state index is -0.668. The van der Waals surface area contributed by atoms with Crippen LogP contribution in [-0.4, -0.2) is 29.9 Å². The second kappa shape index (κ2) is 8.95. The number of rotatable bonds is 7. The van der Waals surface area contributed by atoms with Crippen LogP contribution in [0.1, 0.15) is 16.1 Å². The second-order valence-electron chi connectivity index (χ2n) is 6.03. The largest absolute Gasteiger partial charge is 0.497 e. The minimum Gasteiger partial charge on any atom is -0.497 e. The van der Waals surface area contributed by atoms with Crippen LogP contribution < -0.4 is 10.1 Å². The highest BCUT2D eigenvalue weighted by molar-refractivity contribution is 6.42. The van der Waals surface area contributed by atoms with Crippen molar-refractivity contribution in [2.45, 2.75) is 6.42 Å². The van der Waals surface area contributed by atoms with Crippen molar-refractivity contribution in [3.63, 3.8) is 0 Å². The molecule has 0 bridgehead atoms. The molecule has 144 valence electrons. The number of nitrogens with one attached hydrogen (secondary N) is 1. The number of benzene rings is 2. The smallest absolute Gasteiger partial charge is 0.294 e. The van der Waals surface area contributed by atoms with E-state index in [9.17, 15) is 9.59 Å². The van der Waals surface area contributed by atoms with Gasteiger partial charge < -0.3 is 14.6 Å². The van der Waals surface area contributed by atoms with Gasteiger partial charge in [0.25, 0.3) is 11.7 Å². The van der Waals surface area contributed by atoms with Crippen molar-refractivity contribution in [1.82, 2.24) is 9.88 Å². The molecular formula is C21H18Cl2N2O3. The molecule has 0 spiro atoms. The zero-order valence-electron chi connectivity index (χ0n) is 15.1. The van der Waals surface area contributed by atoms with Gasteiger partial charge in [0.05, 0.1) is 12.8 Å². The van der Waals surface area contributed by atoms with E-state index in [4.69, 9.17) is 27.9 Å². The average Bonchev–Trinajstić information content (AvgIpc) is 3.18. The van der Waals surface area contributed by atoms with E-state index in [1.165, 1.54) is 0 Å². The molecule has 0 aliphatic heterocycles. The van der Waals surface area contributed by atoms with Gasteiger partial charge in [-0.3, -0.25) is 9.59 Å². The van der Waals surface area contributed by atoms with Crippen molar-refractivity contribution in [2.75, 3.05) is 13.7 Å². The lowest BCUT2D eigenvalue weighted by atomic mass is 10.1. The van der Waals surface area contributed by atoms with Crippen LogP contribution in [0.5, 0.6) is 5.75 Å². The summed E-state index contributed by atoms with van der Waals surface area (Å²) in [7, 11) is 1.58. The number of methoxy groups -OCH3 is 1. The Hall–Kier alpha value is -2.76. The quantitative estimate of drug-likeness (QED) is 0.460. The molecule has 0 saturated carbocycles. The van der Waals surface area contributed by atoms with Gasteiger partial charge in [-0.1, -0.05) is 29.3 Å². The number of aromatic nitrogens is 1. The molecule has 0 radical (unpaired) electrons. The fraction of sp³-hybridized carbons (Fsp3) is 0.143. The lowest BCUT2D eigenvalue weighted by Crippen LogP contribution is -2.33. The molecule has 0 fully saturated rings. The van der Waals surface area contributed by atoms with Gasteiger partial charge in [0.1, 0.15) is 5.75 Å². The van der Waals surface area contributed by atoms with E-state index in [0.717, 1.165) is 11.3 Å². The maximum absolute atomic E-state index is 12.6. The third-order valence-electron chi connectivity index (χ3n) is 4.23. The monoisotopic (exact) mass is 416 g/mol. The first-order chi connectivity index (χ1) is 13.5. The average molecular weight is 417 g/mol. The maximum Gasteiger partial charge on any atom is 0.294 e. The summed E-state index contributed by atoms with van der Waals surface area (Å²) in [6.45, 7) is 0.287. The van der Waals surface area contributed by atoms with Crippen LogP contribution in [0.15, 0.2) is 60.8 Å². The molecule has 2 aromatic carbocycles. The summed E-state index contributed by atoms with van der Waals surface area (Å²) < 4.78 is 6.81. The van der Waals surface area contributed by atoms with Gasteiger partial charge in [0, 0.05) is 28.5 Å². The Morgan fingerprint density at radius 2 is 1.82 bits per heavy atom. The third-order valence-corrected chi connectivity index (χ3v) is 4.82. The maximum atomic E-state index is 12.6. The standard InChI is InChI=1S/C21H18Cl2N2O3/c1-28-17-8-6-16(7-9-17)25-12-2-3-19(25)20(26)21(27)24-11-10-14-4-5-15(22)13-18(14)23/h2-9,12-13H,10-11H2,1H3,(H,24,27). The van der Waals surface area contributed by atoms with Crippen molar-refractivity contribution >= 4 is 34.9 Å². The predicted octanol–water partition coefficient (Wildman–Crippen LogP) is 4.33. The molecule has 3 rings (SSSR count). The molecule has 0 unspecified atom stereocenters. The Bertz CT molecular complexity index is 997. The number of ether oxygens (including phenoxy) is 1. The molecular weight excluding hydrogens is 399 g/mol. The summed E-state index contributed by atoms with van der Waals surface area (Å²) in [6.07, 6.45) is 2.23. The minimum absolute atomic E-state index is 0.284. The van der Waals surface area contributed by atoms with Crippen LogP contribution in [0.25, 0.3) is 5.69 Å². The first-order valence-corrected chi connectivity index (χ1v) is 9.33. The molecule has 1 N–H and O–H groups in total. The summed E-state index contributed by atoms with van der Waals surface area (Å²) in [4.78, 5) is 24.9. The van der Waals surface area contributed by atoms with Gasteiger partial charge in [-0.05, 0) is 60.5 Å². The molecule has 1 amide bonds. The molecule has 28 heavy (non-hydrogen) atoms. The highest BCUT2D eigenvalue weighted by Crippen LogP contribution is 2.21. The van der Waals surface area contributed by atoms with Crippen LogP contribution in [0, 0.1) is 0 Å². The van der Waals surface area contributed by atoms with E-state index < -0.39 is 11.7 Å². The van der Waals surface area contributed by atoms with Crippen molar-refractivity contribution in [2.24, 2.45) is 0 Å². The second-order valence-corrected chi connectivity index (χ2v) is 6.88. The molecule has 5 nitrogen and oxygen atoms in total. The highest BCUT2D eigenvalue weighted by atomic mass is 35.5. The lowest BCUT2D eigenvalue weighted by Gasteiger charge is -2.10. The summed E-state index contributed by atoms with van der Waals surface area (Å²) >= 11 is 12.0. The number of amides is 1. The summed E-state index contributed by atoms with van der Waals surface area (Å²) in [5.74, 6) is -0.566. The fourth-order valence-corrected chi connectivity index (χ4v) is 3.27. The summed E-state index contributed by atoms with van der Waals surface area (Å²) in [5.41, 5.74) is 1.89. The molecule has 1 aromatic heterocycles. The zero-order chi connectivity index (χ0) is 20.1. The van der Waals surface area contributed by atoms with Crippen molar-refractivity contribution < 1.29 is 14.3 Å².